The topological polar surface area (TPSA) is 96.3 Å². The van der Waals surface area contributed by atoms with Gasteiger partial charge in [0.15, 0.2) is 0 Å². The fraction of sp³-hybridized carbons (Fsp3) is 0.320. The molecule has 1 aromatic carbocycles. The maximum Gasteiger partial charge on any atom is 0.219 e. The molecule has 1 saturated heterocycles. The molecule has 3 aromatic heterocycles. The molecule has 2 N–H and O–H groups in total. The number of carbonyl (C=O) groups excluding carboxylic acids is 1. The third-order valence-corrected chi connectivity index (χ3v) is 6.14. The molecule has 1 aliphatic heterocycles. The number of carbonyl (C=O) groups is 1. The fourth-order valence-corrected chi connectivity index (χ4v) is 4.26. The van der Waals surface area contributed by atoms with Crippen molar-refractivity contribution in [3.63, 3.8) is 0 Å². The number of ether oxygens (including phenoxy) is 1. The summed E-state index contributed by atoms with van der Waals surface area (Å²) >= 11 is 0. The summed E-state index contributed by atoms with van der Waals surface area (Å²) in [7, 11) is 0. The number of amides is 1. The van der Waals surface area contributed by atoms with E-state index in [1.807, 2.05) is 42.7 Å². The van der Waals surface area contributed by atoms with Gasteiger partial charge in [0, 0.05) is 61.1 Å². The van der Waals surface area contributed by atoms with Gasteiger partial charge in [-0.05, 0) is 56.1 Å². The van der Waals surface area contributed by atoms with Gasteiger partial charge in [-0.25, -0.2) is 4.98 Å². The van der Waals surface area contributed by atoms with Crippen molar-refractivity contribution in [3.05, 3.63) is 60.6 Å². The van der Waals surface area contributed by atoms with E-state index in [1.165, 1.54) is 5.56 Å². The molecule has 0 saturated carbocycles. The number of fused-ring (bicyclic) bond motifs is 1. The fourth-order valence-electron chi connectivity index (χ4n) is 4.26. The maximum atomic E-state index is 11.1. The zero-order chi connectivity index (χ0) is 22.6. The van der Waals surface area contributed by atoms with Gasteiger partial charge in [-0.1, -0.05) is 0 Å². The van der Waals surface area contributed by atoms with Crippen LogP contribution in [0.2, 0.25) is 0 Å². The molecule has 0 spiro atoms. The lowest BCUT2D eigenvalue weighted by Gasteiger charge is -2.31. The molecule has 8 heteroatoms. The van der Waals surface area contributed by atoms with Crippen LogP contribution in [0.15, 0.2) is 59.5 Å². The van der Waals surface area contributed by atoms with Crippen molar-refractivity contribution in [1.29, 1.82) is 0 Å². The number of hydrogen-bond acceptors (Lipinski definition) is 6. The highest BCUT2D eigenvalue weighted by Gasteiger charge is 2.20. The minimum absolute atomic E-state index is 0.0487. The number of piperidine rings is 1. The van der Waals surface area contributed by atoms with Crippen LogP contribution >= 0.6 is 0 Å². The van der Waals surface area contributed by atoms with Crippen LogP contribution in [0.25, 0.3) is 22.2 Å². The number of pyridine rings is 1. The Morgan fingerprint density at radius 3 is 2.85 bits per heavy atom. The van der Waals surface area contributed by atoms with Gasteiger partial charge in [-0.15, -0.1) is 0 Å². The third-order valence-electron chi connectivity index (χ3n) is 6.14. The Bertz CT molecular complexity index is 1210. The molecule has 0 atom stereocenters. The first-order chi connectivity index (χ1) is 16.1. The summed E-state index contributed by atoms with van der Waals surface area (Å²) in [5.41, 5.74) is 3.84. The molecule has 1 amide bonds. The van der Waals surface area contributed by atoms with Crippen LogP contribution in [-0.4, -0.2) is 45.6 Å². The molecule has 4 heterocycles. The van der Waals surface area contributed by atoms with E-state index in [0.717, 1.165) is 61.2 Å². The van der Waals surface area contributed by atoms with Crippen molar-refractivity contribution in [2.24, 2.45) is 5.92 Å². The van der Waals surface area contributed by atoms with Crippen LogP contribution in [0.4, 0.5) is 0 Å². The van der Waals surface area contributed by atoms with Gasteiger partial charge in [0.05, 0.1) is 12.0 Å². The highest BCUT2D eigenvalue weighted by atomic mass is 16.5. The van der Waals surface area contributed by atoms with Gasteiger partial charge in [0.1, 0.15) is 11.3 Å². The SMILES string of the molecule is CC(=O)NCC1CCN(Cc2coc3cc(Oc4ccc(-c5ccn[nH]5)cn4)ccc23)CC1. The Morgan fingerprint density at radius 1 is 1.24 bits per heavy atom. The molecule has 0 aliphatic carbocycles. The second-order valence-electron chi connectivity index (χ2n) is 8.53. The van der Waals surface area contributed by atoms with Gasteiger partial charge in [0.25, 0.3) is 0 Å². The molecule has 0 radical (unpaired) electrons. The standard InChI is InChI=1S/C25H27N5O3/c1-17(31)26-13-18-7-10-30(11-8-18)15-20-16-32-24-12-21(3-4-22(20)24)33-25-5-2-19(14-27-25)23-6-9-28-29-23/h2-6,9,12,14,16,18H,7-8,10-11,13,15H2,1H3,(H,26,31)(H,28,29). The summed E-state index contributed by atoms with van der Waals surface area (Å²) < 4.78 is 11.8. The van der Waals surface area contributed by atoms with Crippen molar-refractivity contribution in [2.45, 2.75) is 26.3 Å². The Hall–Kier alpha value is -3.65. The number of furan rings is 1. The zero-order valence-corrected chi connectivity index (χ0v) is 18.6. The van der Waals surface area contributed by atoms with Gasteiger partial charge >= 0.3 is 0 Å². The Morgan fingerprint density at radius 2 is 2.12 bits per heavy atom. The molecule has 170 valence electrons. The summed E-state index contributed by atoms with van der Waals surface area (Å²) in [4.78, 5) is 18.0. The number of nitrogens with zero attached hydrogens (tertiary/aromatic N) is 3. The Labute approximate surface area is 192 Å². The van der Waals surface area contributed by atoms with Crippen LogP contribution in [0.5, 0.6) is 11.6 Å². The number of H-pyrrole nitrogens is 1. The van der Waals surface area contributed by atoms with E-state index < -0.39 is 0 Å². The first kappa shape index (κ1) is 21.2. The van der Waals surface area contributed by atoms with Crippen molar-refractivity contribution in [3.8, 4) is 22.9 Å². The maximum absolute atomic E-state index is 11.1. The van der Waals surface area contributed by atoms with Gasteiger partial charge in [0.2, 0.25) is 11.8 Å². The van der Waals surface area contributed by atoms with E-state index >= 15 is 0 Å². The summed E-state index contributed by atoms with van der Waals surface area (Å²) in [6, 6.07) is 11.6. The number of likely N-dealkylation sites (tertiary alicyclic amines) is 1. The number of rotatable bonds is 7. The lowest BCUT2D eigenvalue weighted by atomic mass is 9.96. The molecular weight excluding hydrogens is 418 g/mol. The highest BCUT2D eigenvalue weighted by Crippen LogP contribution is 2.30. The number of aromatic nitrogens is 3. The van der Waals surface area contributed by atoms with E-state index in [-0.39, 0.29) is 5.91 Å². The minimum Gasteiger partial charge on any atom is -0.464 e. The number of nitrogens with one attached hydrogen (secondary N) is 2. The smallest absolute Gasteiger partial charge is 0.219 e. The summed E-state index contributed by atoms with van der Waals surface area (Å²) in [6.45, 7) is 5.26. The van der Waals surface area contributed by atoms with Crippen molar-refractivity contribution >= 4 is 16.9 Å². The van der Waals surface area contributed by atoms with Crippen LogP contribution < -0.4 is 10.1 Å². The van der Waals surface area contributed by atoms with Crippen LogP contribution in [0.3, 0.4) is 0 Å². The molecule has 8 nitrogen and oxygen atoms in total. The summed E-state index contributed by atoms with van der Waals surface area (Å²) in [5, 5.41) is 10.9. The normalized spacial score (nSPS) is 15.1. The van der Waals surface area contributed by atoms with E-state index in [0.29, 0.717) is 17.5 Å². The van der Waals surface area contributed by atoms with Crippen LogP contribution in [0.1, 0.15) is 25.3 Å². The highest BCUT2D eigenvalue weighted by molar-refractivity contribution is 5.82. The van der Waals surface area contributed by atoms with E-state index in [1.54, 1.807) is 19.3 Å². The molecular formula is C25H27N5O3. The predicted molar refractivity (Wildman–Crippen MR) is 125 cm³/mol. The number of aromatic amines is 1. The summed E-state index contributed by atoms with van der Waals surface area (Å²) in [5.74, 6) is 1.82. The van der Waals surface area contributed by atoms with E-state index in [9.17, 15) is 4.79 Å². The second kappa shape index (κ2) is 9.46. The van der Waals surface area contributed by atoms with Gasteiger partial charge in [-0.3, -0.25) is 14.8 Å². The quantitative estimate of drug-likeness (QED) is 0.439. The Balaban J connectivity index is 1.20. The molecule has 1 aliphatic rings. The van der Waals surface area contributed by atoms with E-state index in [4.69, 9.17) is 9.15 Å². The third kappa shape index (κ3) is 5.06. The van der Waals surface area contributed by atoms with Crippen LogP contribution in [-0.2, 0) is 11.3 Å². The minimum atomic E-state index is 0.0487. The monoisotopic (exact) mass is 445 g/mol. The second-order valence-corrected chi connectivity index (χ2v) is 8.53. The Kier molecular flexibility index (Phi) is 6.08. The zero-order valence-electron chi connectivity index (χ0n) is 18.6. The molecule has 5 rings (SSSR count). The first-order valence-electron chi connectivity index (χ1n) is 11.2. The van der Waals surface area contributed by atoms with Crippen molar-refractivity contribution < 1.29 is 13.9 Å². The molecule has 0 unspecified atom stereocenters. The lowest BCUT2D eigenvalue weighted by molar-refractivity contribution is -0.119. The lowest BCUT2D eigenvalue weighted by Crippen LogP contribution is -2.37. The van der Waals surface area contributed by atoms with E-state index in [2.05, 4.69) is 25.4 Å². The molecule has 0 bridgehead atoms. The van der Waals surface area contributed by atoms with Gasteiger partial charge in [-0.2, -0.15) is 5.10 Å². The summed E-state index contributed by atoms with van der Waals surface area (Å²) in [6.07, 6.45) is 7.50. The first-order valence-corrected chi connectivity index (χ1v) is 11.2. The molecule has 33 heavy (non-hydrogen) atoms. The molecule has 1 fully saturated rings. The number of hydrogen-bond donors (Lipinski definition) is 2. The number of benzene rings is 1. The van der Waals surface area contributed by atoms with Crippen molar-refractivity contribution in [2.75, 3.05) is 19.6 Å². The predicted octanol–water partition coefficient (Wildman–Crippen LogP) is 4.36. The van der Waals surface area contributed by atoms with Crippen molar-refractivity contribution in [1.82, 2.24) is 25.4 Å². The average molecular weight is 446 g/mol. The largest absolute Gasteiger partial charge is 0.464 e. The average Bonchev–Trinajstić information content (AvgIpc) is 3.50. The van der Waals surface area contributed by atoms with Crippen LogP contribution in [0, 0.1) is 5.92 Å². The van der Waals surface area contributed by atoms with Gasteiger partial charge < -0.3 is 14.5 Å². The molecule has 4 aromatic rings.